The maximum atomic E-state index is 13.3. The summed E-state index contributed by atoms with van der Waals surface area (Å²) in [7, 11) is 2.12. The summed E-state index contributed by atoms with van der Waals surface area (Å²) in [5, 5.41) is 4.04. The average molecular weight is 331 g/mol. The second-order valence-electron chi connectivity index (χ2n) is 6.46. The minimum Gasteiger partial charge on any atom is -0.467 e. The van der Waals surface area contributed by atoms with Crippen LogP contribution in [0.4, 0.5) is 0 Å². The summed E-state index contributed by atoms with van der Waals surface area (Å²) in [5.74, 6) is 1.39. The highest BCUT2D eigenvalue weighted by Crippen LogP contribution is 2.24. The number of furan rings is 1. The van der Waals surface area contributed by atoms with Crippen LogP contribution >= 0.6 is 0 Å². The molecule has 0 spiro atoms. The Hall–Kier alpha value is -2.08. The zero-order valence-corrected chi connectivity index (χ0v) is 14.6. The summed E-state index contributed by atoms with van der Waals surface area (Å²) in [6.07, 6.45) is 4.26. The highest BCUT2D eigenvalue weighted by Gasteiger charge is 2.31. The van der Waals surface area contributed by atoms with Gasteiger partial charge in [-0.2, -0.15) is 0 Å². The molecule has 1 amide bonds. The number of aryl methyl sites for hydroxylation is 2. The summed E-state index contributed by atoms with van der Waals surface area (Å²) >= 11 is 0. The molecular formula is C18H25N3O3. The van der Waals surface area contributed by atoms with Crippen LogP contribution in [0.5, 0.6) is 0 Å². The van der Waals surface area contributed by atoms with Gasteiger partial charge >= 0.3 is 0 Å². The molecule has 3 heterocycles. The van der Waals surface area contributed by atoms with Crippen LogP contribution in [0.15, 0.2) is 27.3 Å². The molecule has 1 aliphatic rings. The number of hydrogen-bond donors (Lipinski definition) is 0. The van der Waals surface area contributed by atoms with Crippen molar-refractivity contribution in [2.24, 2.45) is 0 Å². The Labute approximate surface area is 142 Å². The predicted octanol–water partition coefficient (Wildman–Crippen LogP) is 2.88. The van der Waals surface area contributed by atoms with E-state index in [4.69, 9.17) is 8.94 Å². The molecule has 0 aliphatic carbocycles. The Bertz CT molecular complexity index is 670. The van der Waals surface area contributed by atoms with E-state index in [1.807, 2.05) is 24.0 Å². The maximum Gasteiger partial charge on any atom is 0.260 e. The minimum absolute atomic E-state index is 0.00319. The number of aromatic nitrogens is 1. The molecular weight excluding hydrogens is 306 g/mol. The summed E-state index contributed by atoms with van der Waals surface area (Å²) in [5.41, 5.74) is 1.35. The van der Waals surface area contributed by atoms with Crippen molar-refractivity contribution in [3.63, 3.8) is 0 Å². The number of amides is 1. The quantitative estimate of drug-likeness (QED) is 0.843. The second kappa shape index (κ2) is 7.21. The van der Waals surface area contributed by atoms with Crippen molar-refractivity contribution >= 4 is 5.91 Å². The first-order chi connectivity index (χ1) is 11.6. The van der Waals surface area contributed by atoms with Crippen molar-refractivity contribution in [1.29, 1.82) is 0 Å². The van der Waals surface area contributed by atoms with Crippen LogP contribution < -0.4 is 0 Å². The number of rotatable bonds is 5. The Kier molecular flexibility index (Phi) is 5.04. The van der Waals surface area contributed by atoms with Crippen LogP contribution in [0.3, 0.4) is 0 Å². The van der Waals surface area contributed by atoms with Gasteiger partial charge in [-0.25, -0.2) is 0 Å². The summed E-state index contributed by atoms with van der Waals surface area (Å²) in [4.78, 5) is 17.5. The molecule has 6 heteroatoms. The highest BCUT2D eigenvalue weighted by molar-refractivity contribution is 5.96. The summed E-state index contributed by atoms with van der Waals surface area (Å²) in [6.45, 7) is 6.26. The molecule has 0 aromatic carbocycles. The van der Waals surface area contributed by atoms with Gasteiger partial charge in [0, 0.05) is 6.04 Å². The third-order valence-corrected chi connectivity index (χ3v) is 4.78. The number of likely N-dealkylation sites (tertiary alicyclic amines) is 1. The SMILES string of the molecule is CCc1noc(C)c1C(=O)N(Cc1ccco1)C1CCN(C)CC1. The molecule has 1 fully saturated rings. The molecule has 2 aromatic rings. The van der Waals surface area contributed by atoms with Crippen LogP contribution in [0.2, 0.25) is 0 Å². The van der Waals surface area contributed by atoms with Gasteiger partial charge in [0.2, 0.25) is 0 Å². The van der Waals surface area contributed by atoms with Crippen molar-refractivity contribution in [2.75, 3.05) is 20.1 Å². The van der Waals surface area contributed by atoms with E-state index in [1.54, 1.807) is 13.2 Å². The van der Waals surface area contributed by atoms with E-state index >= 15 is 0 Å². The fourth-order valence-corrected chi connectivity index (χ4v) is 3.32. The monoisotopic (exact) mass is 331 g/mol. The van der Waals surface area contributed by atoms with Crippen molar-refractivity contribution in [3.05, 3.63) is 41.2 Å². The van der Waals surface area contributed by atoms with Gasteiger partial charge in [-0.15, -0.1) is 0 Å². The van der Waals surface area contributed by atoms with Gasteiger partial charge in [0.25, 0.3) is 5.91 Å². The molecule has 2 aromatic heterocycles. The Balaban J connectivity index is 1.88. The molecule has 0 unspecified atom stereocenters. The van der Waals surface area contributed by atoms with Gasteiger partial charge in [-0.3, -0.25) is 4.79 Å². The maximum absolute atomic E-state index is 13.3. The molecule has 0 atom stereocenters. The van der Waals surface area contributed by atoms with E-state index in [9.17, 15) is 4.79 Å². The van der Waals surface area contributed by atoms with E-state index in [-0.39, 0.29) is 11.9 Å². The van der Waals surface area contributed by atoms with Crippen LogP contribution in [0.1, 0.15) is 47.3 Å². The molecule has 130 valence electrons. The molecule has 0 radical (unpaired) electrons. The van der Waals surface area contributed by atoms with Crippen molar-refractivity contribution in [2.45, 2.75) is 45.7 Å². The topological polar surface area (TPSA) is 62.7 Å². The zero-order valence-electron chi connectivity index (χ0n) is 14.6. The molecule has 0 bridgehead atoms. The van der Waals surface area contributed by atoms with Gasteiger partial charge in [0.15, 0.2) is 0 Å². The third-order valence-electron chi connectivity index (χ3n) is 4.78. The molecule has 0 saturated carbocycles. The van der Waals surface area contributed by atoms with Crippen LogP contribution in [-0.4, -0.2) is 47.0 Å². The van der Waals surface area contributed by atoms with Gasteiger partial charge in [0.1, 0.15) is 17.1 Å². The Morgan fingerprint density at radius 2 is 2.17 bits per heavy atom. The van der Waals surface area contributed by atoms with E-state index in [1.165, 1.54) is 0 Å². The number of carbonyl (C=O) groups is 1. The number of nitrogens with zero attached hydrogens (tertiary/aromatic N) is 3. The molecule has 24 heavy (non-hydrogen) atoms. The van der Waals surface area contributed by atoms with E-state index in [0.717, 1.165) is 37.4 Å². The normalized spacial score (nSPS) is 16.5. The lowest BCUT2D eigenvalue weighted by Crippen LogP contribution is -2.46. The van der Waals surface area contributed by atoms with Crippen molar-refractivity contribution in [1.82, 2.24) is 15.0 Å². The van der Waals surface area contributed by atoms with Crippen molar-refractivity contribution < 1.29 is 13.7 Å². The van der Waals surface area contributed by atoms with Crippen molar-refractivity contribution in [3.8, 4) is 0 Å². The third kappa shape index (κ3) is 3.38. The molecule has 6 nitrogen and oxygen atoms in total. The van der Waals surface area contributed by atoms with Gasteiger partial charge in [0.05, 0.1) is 18.5 Å². The zero-order chi connectivity index (χ0) is 17.1. The largest absolute Gasteiger partial charge is 0.467 e. The van der Waals surface area contributed by atoms with E-state index < -0.39 is 0 Å². The lowest BCUT2D eigenvalue weighted by molar-refractivity contribution is 0.0548. The fourth-order valence-electron chi connectivity index (χ4n) is 3.32. The summed E-state index contributed by atoms with van der Waals surface area (Å²) in [6, 6.07) is 3.98. The first-order valence-electron chi connectivity index (χ1n) is 8.57. The van der Waals surface area contributed by atoms with Gasteiger partial charge < -0.3 is 18.7 Å². The Morgan fingerprint density at radius 1 is 1.42 bits per heavy atom. The van der Waals surface area contributed by atoms with Gasteiger partial charge in [-0.1, -0.05) is 12.1 Å². The Morgan fingerprint density at radius 3 is 2.79 bits per heavy atom. The summed E-state index contributed by atoms with van der Waals surface area (Å²) < 4.78 is 10.8. The van der Waals surface area contributed by atoms with Crippen LogP contribution in [0.25, 0.3) is 0 Å². The van der Waals surface area contributed by atoms with Gasteiger partial charge in [-0.05, 0) is 58.5 Å². The molecule has 3 rings (SSSR count). The highest BCUT2D eigenvalue weighted by atomic mass is 16.5. The van der Waals surface area contributed by atoms with E-state index in [2.05, 4.69) is 17.1 Å². The second-order valence-corrected chi connectivity index (χ2v) is 6.46. The number of carbonyl (C=O) groups excluding carboxylic acids is 1. The lowest BCUT2D eigenvalue weighted by Gasteiger charge is -2.37. The molecule has 1 aliphatic heterocycles. The van der Waals surface area contributed by atoms with E-state index in [0.29, 0.717) is 24.3 Å². The number of piperidine rings is 1. The predicted molar refractivity (Wildman–Crippen MR) is 89.7 cm³/mol. The minimum atomic E-state index is -0.00319. The molecule has 0 N–H and O–H groups in total. The van der Waals surface area contributed by atoms with Crippen LogP contribution in [-0.2, 0) is 13.0 Å². The fraction of sp³-hybridized carbons (Fsp3) is 0.556. The lowest BCUT2D eigenvalue weighted by atomic mass is 10.0. The van der Waals surface area contributed by atoms with Crippen LogP contribution in [0, 0.1) is 6.92 Å². The standard InChI is InChI=1S/C18H25N3O3/c1-4-16-17(13(2)24-19-16)18(22)21(12-15-6-5-11-23-15)14-7-9-20(3)10-8-14/h5-6,11,14H,4,7-10,12H2,1-3H3. The smallest absolute Gasteiger partial charge is 0.260 e. The first-order valence-corrected chi connectivity index (χ1v) is 8.57. The number of hydrogen-bond acceptors (Lipinski definition) is 5. The first kappa shape index (κ1) is 16.8. The average Bonchev–Trinajstić information content (AvgIpc) is 3.22. The molecule has 1 saturated heterocycles.